The number of amides is 2. The minimum absolute atomic E-state index is 0.0612. The highest BCUT2D eigenvalue weighted by molar-refractivity contribution is 6.33. The largest absolute Gasteiger partial charge is 0.419 e. The number of carbonyl (C=O) groups excluding carboxylic acids is 2. The van der Waals surface area contributed by atoms with E-state index in [4.69, 9.17) is 16.0 Å². The maximum atomic E-state index is 12.8. The van der Waals surface area contributed by atoms with Gasteiger partial charge in [0.25, 0.3) is 5.91 Å². The summed E-state index contributed by atoms with van der Waals surface area (Å²) in [5.41, 5.74) is 2.10. The van der Waals surface area contributed by atoms with E-state index in [0.29, 0.717) is 40.5 Å². The van der Waals surface area contributed by atoms with Crippen LogP contribution >= 0.6 is 11.6 Å². The fourth-order valence-corrected chi connectivity index (χ4v) is 3.49. The van der Waals surface area contributed by atoms with Crippen LogP contribution in [0, 0.1) is 0 Å². The molecule has 170 valence electrons. The summed E-state index contributed by atoms with van der Waals surface area (Å²) >= 11 is 6.20. The molecule has 1 aliphatic carbocycles. The quantitative estimate of drug-likeness (QED) is 0.462. The first-order valence-electron chi connectivity index (χ1n) is 11.0. The number of benzene rings is 2. The van der Waals surface area contributed by atoms with Crippen molar-refractivity contribution in [2.75, 3.05) is 6.54 Å². The Morgan fingerprint density at radius 1 is 1.15 bits per heavy atom. The molecule has 0 spiro atoms. The van der Waals surface area contributed by atoms with Crippen molar-refractivity contribution < 1.29 is 14.0 Å². The van der Waals surface area contributed by atoms with Crippen LogP contribution < -0.4 is 5.32 Å². The van der Waals surface area contributed by atoms with E-state index < -0.39 is 0 Å². The van der Waals surface area contributed by atoms with Crippen LogP contribution in [0.2, 0.25) is 5.02 Å². The summed E-state index contributed by atoms with van der Waals surface area (Å²) in [6.45, 7) is 2.75. The monoisotopic (exact) mass is 464 g/mol. The average molecular weight is 465 g/mol. The first-order valence-corrected chi connectivity index (χ1v) is 11.4. The molecule has 0 atom stereocenters. The Morgan fingerprint density at radius 3 is 2.61 bits per heavy atom. The van der Waals surface area contributed by atoms with E-state index in [9.17, 15) is 9.59 Å². The number of nitrogens with zero attached hydrogens (tertiary/aromatic N) is 3. The van der Waals surface area contributed by atoms with Crippen molar-refractivity contribution in [3.63, 3.8) is 0 Å². The van der Waals surface area contributed by atoms with Crippen molar-refractivity contribution in [3.05, 3.63) is 76.6 Å². The van der Waals surface area contributed by atoms with Gasteiger partial charge in [0.05, 0.1) is 17.1 Å². The third kappa shape index (κ3) is 6.08. The van der Waals surface area contributed by atoms with Crippen LogP contribution in [0.25, 0.3) is 17.5 Å². The van der Waals surface area contributed by atoms with E-state index in [0.717, 1.165) is 24.8 Å². The fourth-order valence-electron chi connectivity index (χ4n) is 3.28. The number of rotatable bonds is 9. The smallest absolute Gasteiger partial charge is 0.251 e. The molecule has 8 heteroatoms. The zero-order valence-electron chi connectivity index (χ0n) is 18.3. The van der Waals surface area contributed by atoms with Gasteiger partial charge in [-0.15, -0.1) is 10.2 Å². The summed E-state index contributed by atoms with van der Waals surface area (Å²) in [7, 11) is 0. The number of hydrogen-bond donors (Lipinski definition) is 1. The van der Waals surface area contributed by atoms with Crippen molar-refractivity contribution in [1.82, 2.24) is 20.4 Å². The molecule has 0 aliphatic heterocycles. The van der Waals surface area contributed by atoms with Crippen LogP contribution in [0.1, 0.15) is 48.0 Å². The van der Waals surface area contributed by atoms with E-state index in [2.05, 4.69) is 15.5 Å². The van der Waals surface area contributed by atoms with Gasteiger partial charge in [0, 0.05) is 24.2 Å². The molecular weight excluding hydrogens is 440 g/mol. The summed E-state index contributed by atoms with van der Waals surface area (Å²) in [4.78, 5) is 26.6. The fraction of sp³-hybridized carbons (Fsp3) is 0.280. The number of halogens is 1. The standard InChI is InChI=1S/C25H25ClN4O3/c1-2-15-30(16-22-28-29-25(33-22)20-5-3-4-6-21(20)26)23(31)14-9-17-7-10-18(11-8-17)24(32)27-19-12-13-19/h3-11,14,19H,2,12-13,15-16H2,1H3,(H,27,32)/b14-9+. The van der Waals surface area contributed by atoms with Crippen molar-refractivity contribution in [2.45, 2.75) is 38.8 Å². The summed E-state index contributed by atoms with van der Waals surface area (Å²) < 4.78 is 5.75. The third-order valence-electron chi connectivity index (χ3n) is 5.21. The minimum Gasteiger partial charge on any atom is -0.419 e. The minimum atomic E-state index is -0.162. The van der Waals surface area contributed by atoms with Gasteiger partial charge in [-0.2, -0.15) is 0 Å². The first kappa shape index (κ1) is 22.7. The molecule has 1 N–H and O–H groups in total. The highest BCUT2D eigenvalue weighted by Crippen LogP contribution is 2.26. The third-order valence-corrected chi connectivity index (χ3v) is 5.54. The normalized spacial score (nSPS) is 13.3. The van der Waals surface area contributed by atoms with Crippen LogP contribution in [0.4, 0.5) is 0 Å². The second-order valence-electron chi connectivity index (χ2n) is 7.94. The molecular formula is C25H25ClN4O3. The molecule has 3 aromatic rings. The van der Waals surface area contributed by atoms with Crippen molar-refractivity contribution in [3.8, 4) is 11.5 Å². The number of aromatic nitrogens is 2. The first-order chi connectivity index (χ1) is 16.0. The average Bonchev–Trinajstić information content (AvgIpc) is 3.52. The number of nitrogens with one attached hydrogen (secondary N) is 1. The molecule has 1 aromatic heterocycles. The van der Waals surface area contributed by atoms with Gasteiger partial charge >= 0.3 is 0 Å². The Morgan fingerprint density at radius 2 is 1.91 bits per heavy atom. The molecule has 0 saturated heterocycles. The Labute approximate surface area is 197 Å². The van der Waals surface area contributed by atoms with Gasteiger partial charge in [0.2, 0.25) is 17.7 Å². The highest BCUT2D eigenvalue weighted by atomic mass is 35.5. The Bertz CT molecular complexity index is 1150. The lowest BCUT2D eigenvalue weighted by Gasteiger charge is -2.18. The highest BCUT2D eigenvalue weighted by Gasteiger charge is 2.23. The van der Waals surface area contributed by atoms with E-state index in [1.54, 1.807) is 35.2 Å². The van der Waals surface area contributed by atoms with Gasteiger partial charge in [-0.1, -0.05) is 42.8 Å². The molecule has 1 aliphatic rings. The van der Waals surface area contributed by atoms with Crippen molar-refractivity contribution in [2.24, 2.45) is 0 Å². The zero-order valence-corrected chi connectivity index (χ0v) is 19.1. The molecule has 0 unspecified atom stereocenters. The molecule has 2 amide bonds. The molecule has 1 fully saturated rings. The molecule has 7 nitrogen and oxygen atoms in total. The predicted molar refractivity (Wildman–Crippen MR) is 126 cm³/mol. The molecule has 1 heterocycles. The lowest BCUT2D eigenvalue weighted by Crippen LogP contribution is -2.29. The van der Waals surface area contributed by atoms with Crippen molar-refractivity contribution in [1.29, 1.82) is 0 Å². The van der Waals surface area contributed by atoms with Gasteiger partial charge in [-0.25, -0.2) is 0 Å². The molecule has 4 rings (SSSR count). The number of carbonyl (C=O) groups is 2. The number of hydrogen-bond acceptors (Lipinski definition) is 5. The topological polar surface area (TPSA) is 88.3 Å². The van der Waals surface area contributed by atoms with Gasteiger partial charge in [-0.3, -0.25) is 9.59 Å². The van der Waals surface area contributed by atoms with E-state index in [1.165, 1.54) is 6.08 Å². The molecule has 0 radical (unpaired) electrons. The Hall–Kier alpha value is -3.45. The van der Waals surface area contributed by atoms with Gasteiger partial charge in [-0.05, 0) is 55.2 Å². The van der Waals surface area contributed by atoms with E-state index in [1.807, 2.05) is 31.2 Å². The maximum Gasteiger partial charge on any atom is 0.251 e. The lowest BCUT2D eigenvalue weighted by molar-refractivity contribution is -0.126. The van der Waals surface area contributed by atoms with Crippen LogP contribution in [0.3, 0.4) is 0 Å². The van der Waals surface area contributed by atoms with Gasteiger partial charge in [0.15, 0.2) is 0 Å². The summed E-state index contributed by atoms with van der Waals surface area (Å²) in [6, 6.07) is 14.7. The second-order valence-corrected chi connectivity index (χ2v) is 8.35. The molecule has 1 saturated carbocycles. The summed E-state index contributed by atoms with van der Waals surface area (Å²) in [6.07, 6.45) is 6.13. The van der Waals surface area contributed by atoms with Crippen LogP contribution in [0.5, 0.6) is 0 Å². The Balaban J connectivity index is 1.39. The predicted octanol–water partition coefficient (Wildman–Crippen LogP) is 4.73. The summed E-state index contributed by atoms with van der Waals surface area (Å²) in [5.74, 6) is 0.436. The van der Waals surface area contributed by atoms with E-state index in [-0.39, 0.29) is 18.4 Å². The molecule has 0 bridgehead atoms. The van der Waals surface area contributed by atoms with E-state index >= 15 is 0 Å². The maximum absolute atomic E-state index is 12.8. The van der Waals surface area contributed by atoms with Gasteiger partial charge in [0.1, 0.15) is 0 Å². The van der Waals surface area contributed by atoms with Crippen molar-refractivity contribution >= 4 is 29.5 Å². The van der Waals surface area contributed by atoms with Gasteiger partial charge < -0.3 is 14.6 Å². The molecule has 33 heavy (non-hydrogen) atoms. The second kappa shape index (κ2) is 10.4. The Kier molecular flexibility index (Phi) is 7.19. The van der Waals surface area contributed by atoms with Crippen LogP contribution in [0.15, 0.2) is 59.0 Å². The molecule has 2 aromatic carbocycles. The van der Waals surface area contributed by atoms with Crippen LogP contribution in [-0.4, -0.2) is 39.5 Å². The lowest BCUT2D eigenvalue weighted by atomic mass is 10.1. The van der Waals surface area contributed by atoms with Crippen LogP contribution in [-0.2, 0) is 11.3 Å². The zero-order chi connectivity index (χ0) is 23.2. The SMILES string of the molecule is CCCN(Cc1nnc(-c2ccccc2Cl)o1)C(=O)/C=C/c1ccc(C(=O)NC2CC2)cc1. The summed E-state index contributed by atoms with van der Waals surface area (Å²) in [5, 5.41) is 11.6.